The van der Waals surface area contributed by atoms with Gasteiger partial charge in [-0.2, -0.15) is 5.10 Å². The van der Waals surface area contributed by atoms with E-state index in [0.717, 1.165) is 16.7 Å². The van der Waals surface area contributed by atoms with Crippen molar-refractivity contribution < 1.29 is 23.9 Å². The number of rotatable bonds is 11. The number of aromatic hydroxyl groups is 1. The van der Waals surface area contributed by atoms with Crippen LogP contribution in [0.25, 0.3) is 10.9 Å². The van der Waals surface area contributed by atoms with Crippen LogP contribution in [0.15, 0.2) is 110 Å². The Kier molecular flexibility index (Phi) is 9.73. The lowest BCUT2D eigenvalue weighted by atomic mass is 9.97. The van der Waals surface area contributed by atoms with E-state index in [-0.39, 0.29) is 62.5 Å². The molecule has 3 amide bonds. The summed E-state index contributed by atoms with van der Waals surface area (Å²) in [6.45, 7) is 4.47. The summed E-state index contributed by atoms with van der Waals surface area (Å²) in [4.78, 5) is 46.0. The van der Waals surface area contributed by atoms with E-state index >= 15 is 4.39 Å². The highest BCUT2D eigenvalue weighted by molar-refractivity contribution is 5.92. The maximum Gasteiger partial charge on any atom is 0.246 e. The fourth-order valence-electron chi connectivity index (χ4n) is 7.33. The second kappa shape index (κ2) is 14.7. The third-order valence-corrected chi connectivity index (χ3v) is 9.74. The smallest absolute Gasteiger partial charge is 0.246 e. The number of halogens is 1. The Morgan fingerprint density at radius 1 is 0.962 bits per heavy atom. The zero-order valence-corrected chi connectivity index (χ0v) is 28.6. The van der Waals surface area contributed by atoms with Crippen LogP contribution in [0, 0.1) is 5.82 Å². The summed E-state index contributed by atoms with van der Waals surface area (Å²) >= 11 is 0. The van der Waals surface area contributed by atoms with Crippen LogP contribution in [-0.2, 0) is 40.3 Å². The highest BCUT2D eigenvalue weighted by Gasteiger charge is 2.51. The minimum atomic E-state index is -0.945. The number of hydrazine groups is 1. The van der Waals surface area contributed by atoms with Crippen molar-refractivity contribution in [3.63, 3.8) is 0 Å². The molecule has 2 aliphatic heterocycles. The van der Waals surface area contributed by atoms with Gasteiger partial charge in [0.05, 0.1) is 36.7 Å². The Morgan fingerprint density at radius 3 is 2.48 bits per heavy atom. The zero-order valence-electron chi connectivity index (χ0n) is 28.6. The molecular weight excluding hydrogens is 661 g/mol. The number of hydrogen-bond acceptors (Lipinski definition) is 7. The lowest BCUT2D eigenvalue weighted by Crippen LogP contribution is -2.75. The fraction of sp³-hybridized carbons (Fsp3) is 0.250. The molecule has 11 nitrogen and oxygen atoms in total. The molecule has 266 valence electrons. The molecule has 3 heterocycles. The van der Waals surface area contributed by atoms with Gasteiger partial charge in [0, 0.05) is 31.6 Å². The summed E-state index contributed by atoms with van der Waals surface area (Å²) in [5, 5.41) is 18.1. The van der Waals surface area contributed by atoms with Crippen molar-refractivity contribution in [3.05, 3.63) is 138 Å². The Bertz CT molecular complexity index is 2120. The molecule has 0 saturated carbocycles. The van der Waals surface area contributed by atoms with E-state index in [1.165, 1.54) is 24.4 Å². The second-order valence-corrected chi connectivity index (χ2v) is 13.3. The van der Waals surface area contributed by atoms with Crippen LogP contribution >= 0.6 is 0 Å². The van der Waals surface area contributed by atoms with Gasteiger partial charge in [0.25, 0.3) is 0 Å². The maximum absolute atomic E-state index is 15.2. The average molecular weight is 702 g/mol. The minimum Gasteiger partial charge on any atom is -0.508 e. The first kappa shape index (κ1) is 34.4. The van der Waals surface area contributed by atoms with Gasteiger partial charge in [0.2, 0.25) is 17.7 Å². The molecule has 12 heteroatoms. The van der Waals surface area contributed by atoms with E-state index < -0.39 is 18.0 Å². The molecule has 0 radical (unpaired) electrons. The van der Waals surface area contributed by atoms with Crippen LogP contribution in [0.5, 0.6) is 5.75 Å². The molecule has 0 bridgehead atoms. The summed E-state index contributed by atoms with van der Waals surface area (Å²) in [5.41, 5.74) is 10.5. The van der Waals surface area contributed by atoms with Gasteiger partial charge in [-0.1, -0.05) is 66.7 Å². The molecule has 4 aromatic carbocycles. The van der Waals surface area contributed by atoms with Crippen molar-refractivity contribution in [1.82, 2.24) is 29.6 Å². The number of fused-ring (bicyclic) bond motifs is 2. The van der Waals surface area contributed by atoms with E-state index in [1.54, 1.807) is 54.8 Å². The summed E-state index contributed by atoms with van der Waals surface area (Å²) in [6, 6.07) is 25.7. The van der Waals surface area contributed by atoms with Crippen LogP contribution in [-0.4, -0.2) is 84.3 Å². The SMILES string of the molecule is C=CCN1CC(=O)N2[C@@H](Cc3ccc(O)cc3)C(=O)N(Cc3ccc(F)c4cnn(Cc5cccc(N)c5)c34)C[C@@H]2N1C(=O)CCc1ccccc1. The number of hydrogen-bond donors (Lipinski definition) is 2. The minimum absolute atomic E-state index is 0.0313. The first-order valence-electron chi connectivity index (χ1n) is 17.3. The number of carbonyl (C=O) groups is 3. The number of carbonyl (C=O) groups excluding carboxylic acids is 3. The number of piperazine rings is 1. The third kappa shape index (κ3) is 6.97. The zero-order chi connectivity index (χ0) is 36.4. The van der Waals surface area contributed by atoms with E-state index in [1.807, 2.05) is 48.5 Å². The topological polar surface area (TPSA) is 128 Å². The quantitative estimate of drug-likeness (QED) is 0.153. The highest BCUT2D eigenvalue weighted by atomic mass is 19.1. The van der Waals surface area contributed by atoms with Crippen molar-refractivity contribution in [2.45, 2.75) is 44.6 Å². The van der Waals surface area contributed by atoms with E-state index in [4.69, 9.17) is 5.73 Å². The van der Waals surface area contributed by atoms with Crippen molar-refractivity contribution in [1.29, 1.82) is 0 Å². The van der Waals surface area contributed by atoms with Gasteiger partial charge in [-0.05, 0) is 59.0 Å². The maximum atomic E-state index is 15.2. The van der Waals surface area contributed by atoms with Gasteiger partial charge in [-0.15, -0.1) is 6.58 Å². The second-order valence-electron chi connectivity index (χ2n) is 13.3. The number of aromatic nitrogens is 2. The van der Waals surface area contributed by atoms with Gasteiger partial charge in [-0.3, -0.25) is 19.1 Å². The van der Waals surface area contributed by atoms with Gasteiger partial charge in [0.1, 0.15) is 23.8 Å². The first-order valence-corrected chi connectivity index (χ1v) is 17.3. The molecular formula is C40H40FN7O4. The normalized spacial score (nSPS) is 17.8. The Morgan fingerprint density at radius 2 is 1.73 bits per heavy atom. The number of phenolic OH excluding ortho intramolecular Hbond substituents is 1. The largest absolute Gasteiger partial charge is 0.508 e. The average Bonchev–Trinajstić information content (AvgIpc) is 3.56. The number of amides is 3. The summed E-state index contributed by atoms with van der Waals surface area (Å²) in [6.07, 6.45) is 3.18. The van der Waals surface area contributed by atoms with Crippen molar-refractivity contribution >= 4 is 34.3 Å². The van der Waals surface area contributed by atoms with Crippen molar-refractivity contribution in [2.75, 3.05) is 25.4 Å². The monoisotopic (exact) mass is 701 g/mol. The molecule has 2 saturated heterocycles. The standard InChI is InChI=1S/C40H40FN7O4/c1-2-19-45-26-38(51)47-35(21-28-11-15-32(49)16-12-28)40(52)44(25-36(47)48(45)37(50)18-13-27-7-4-3-5-8-27)24-30-14-17-34(41)33-22-43-46(39(30)33)23-29-9-6-10-31(42)20-29/h2-12,14-17,20,22,35-36,49H,1,13,18-19,21,23-26,42H2/t35-,36-/m0/s1. The number of anilines is 1. The predicted octanol–water partition coefficient (Wildman–Crippen LogP) is 4.50. The first-order chi connectivity index (χ1) is 25.2. The van der Waals surface area contributed by atoms with Gasteiger partial charge < -0.3 is 20.6 Å². The van der Waals surface area contributed by atoms with Crippen LogP contribution in [0.1, 0.15) is 28.7 Å². The molecule has 0 spiro atoms. The summed E-state index contributed by atoms with van der Waals surface area (Å²) in [7, 11) is 0. The molecule has 7 rings (SSSR count). The summed E-state index contributed by atoms with van der Waals surface area (Å²) < 4.78 is 16.9. The van der Waals surface area contributed by atoms with Crippen molar-refractivity contribution in [2.24, 2.45) is 0 Å². The van der Waals surface area contributed by atoms with Gasteiger partial charge in [0.15, 0.2) is 0 Å². The fourth-order valence-corrected chi connectivity index (χ4v) is 7.33. The van der Waals surface area contributed by atoms with Gasteiger partial charge in [-0.25, -0.2) is 14.4 Å². The van der Waals surface area contributed by atoms with E-state index in [2.05, 4.69) is 11.7 Å². The number of nitrogen functional groups attached to an aromatic ring is 1. The number of benzene rings is 4. The number of aryl methyl sites for hydroxylation is 1. The number of phenols is 1. The molecule has 2 aliphatic rings. The lowest BCUT2D eigenvalue weighted by Gasteiger charge is -2.55. The van der Waals surface area contributed by atoms with E-state index in [9.17, 15) is 19.5 Å². The molecule has 1 aromatic heterocycles. The molecule has 52 heavy (non-hydrogen) atoms. The predicted molar refractivity (Wildman–Crippen MR) is 195 cm³/mol. The van der Waals surface area contributed by atoms with Crippen LogP contribution in [0.3, 0.4) is 0 Å². The van der Waals surface area contributed by atoms with Crippen molar-refractivity contribution in [3.8, 4) is 5.75 Å². The summed E-state index contributed by atoms with van der Waals surface area (Å²) in [5.74, 6) is -1.12. The Balaban J connectivity index is 1.27. The molecule has 0 aliphatic carbocycles. The Hall–Kier alpha value is -6.01. The molecule has 5 aromatic rings. The molecule has 0 unspecified atom stereocenters. The molecule has 2 fully saturated rings. The van der Waals surface area contributed by atoms with Gasteiger partial charge >= 0.3 is 0 Å². The molecule has 2 atom stereocenters. The van der Waals surface area contributed by atoms with Crippen LogP contribution in [0.2, 0.25) is 0 Å². The number of nitrogens with two attached hydrogens (primary N) is 1. The lowest BCUT2D eigenvalue weighted by molar-refractivity contribution is -0.205. The van der Waals surface area contributed by atoms with Crippen LogP contribution < -0.4 is 5.73 Å². The van der Waals surface area contributed by atoms with Crippen LogP contribution in [0.4, 0.5) is 10.1 Å². The molecule has 3 N–H and O–H groups in total. The third-order valence-electron chi connectivity index (χ3n) is 9.74. The Labute approximate surface area is 300 Å². The highest BCUT2D eigenvalue weighted by Crippen LogP contribution is 2.32. The number of nitrogens with zero attached hydrogens (tertiary/aromatic N) is 6. The van der Waals surface area contributed by atoms with E-state index in [0.29, 0.717) is 35.1 Å².